The van der Waals surface area contributed by atoms with E-state index in [1.165, 1.54) is 13.4 Å². The minimum Gasteiger partial charge on any atom is -0.496 e. The number of para-hydroxylation sites is 1. The molecule has 3 aromatic rings. The van der Waals surface area contributed by atoms with Gasteiger partial charge in [0.1, 0.15) is 18.4 Å². The standard InChI is InChI=1S/C19H17N3O4/c1-25-18-5-3-2-4-16(18)17(23)11-26-19(24)15-8-6-14(7-9-15)10-22-13-20-12-21-22/h2-9,12-13H,10-11H2,1H3. The van der Waals surface area contributed by atoms with Crippen molar-refractivity contribution in [2.75, 3.05) is 13.7 Å². The molecule has 0 saturated heterocycles. The van der Waals surface area contributed by atoms with Gasteiger partial charge in [0.2, 0.25) is 5.78 Å². The van der Waals surface area contributed by atoms with Crippen molar-refractivity contribution in [3.05, 3.63) is 77.9 Å². The van der Waals surface area contributed by atoms with Gasteiger partial charge >= 0.3 is 5.97 Å². The fraction of sp³-hybridized carbons (Fsp3) is 0.158. The van der Waals surface area contributed by atoms with Crippen LogP contribution in [-0.2, 0) is 11.3 Å². The summed E-state index contributed by atoms with van der Waals surface area (Å²) in [7, 11) is 1.49. The van der Waals surface area contributed by atoms with Crippen LogP contribution in [0.3, 0.4) is 0 Å². The van der Waals surface area contributed by atoms with E-state index in [-0.39, 0.29) is 12.4 Å². The minimum absolute atomic E-state index is 0.321. The van der Waals surface area contributed by atoms with E-state index in [2.05, 4.69) is 10.1 Å². The molecule has 0 aliphatic carbocycles. The molecule has 0 radical (unpaired) electrons. The Hall–Kier alpha value is -3.48. The molecule has 26 heavy (non-hydrogen) atoms. The quantitative estimate of drug-likeness (QED) is 0.480. The molecule has 0 unspecified atom stereocenters. The van der Waals surface area contributed by atoms with E-state index in [9.17, 15) is 9.59 Å². The molecule has 1 aromatic heterocycles. The fourth-order valence-electron chi connectivity index (χ4n) is 2.41. The number of ketones is 1. The number of aromatic nitrogens is 3. The number of rotatable bonds is 7. The monoisotopic (exact) mass is 351 g/mol. The summed E-state index contributed by atoms with van der Waals surface area (Å²) in [6.45, 7) is 0.210. The summed E-state index contributed by atoms with van der Waals surface area (Å²) in [6, 6.07) is 13.7. The van der Waals surface area contributed by atoms with Gasteiger partial charge in [-0.3, -0.25) is 4.79 Å². The van der Waals surface area contributed by atoms with Crippen molar-refractivity contribution in [3.63, 3.8) is 0 Å². The van der Waals surface area contributed by atoms with E-state index < -0.39 is 5.97 Å². The van der Waals surface area contributed by atoms with Crippen LogP contribution in [0, 0.1) is 0 Å². The van der Waals surface area contributed by atoms with E-state index in [1.54, 1.807) is 59.5 Å². The first-order valence-corrected chi connectivity index (χ1v) is 7.92. The third kappa shape index (κ3) is 4.13. The minimum atomic E-state index is -0.555. The largest absolute Gasteiger partial charge is 0.496 e. The maximum Gasteiger partial charge on any atom is 0.338 e. The Kier molecular flexibility index (Phi) is 5.38. The maximum atomic E-state index is 12.2. The van der Waals surface area contributed by atoms with Crippen LogP contribution in [0.15, 0.2) is 61.2 Å². The van der Waals surface area contributed by atoms with E-state index in [4.69, 9.17) is 9.47 Å². The first-order valence-electron chi connectivity index (χ1n) is 7.92. The number of ether oxygens (including phenoxy) is 2. The van der Waals surface area contributed by atoms with Crippen LogP contribution < -0.4 is 4.74 Å². The third-order valence-electron chi connectivity index (χ3n) is 3.74. The summed E-state index contributed by atoms with van der Waals surface area (Å²) in [5.41, 5.74) is 1.73. The molecule has 0 aliphatic heterocycles. The number of esters is 1. The summed E-state index contributed by atoms with van der Waals surface area (Å²) in [5.74, 6) is -0.426. The molecule has 0 N–H and O–H groups in total. The van der Waals surface area contributed by atoms with Crippen molar-refractivity contribution in [1.29, 1.82) is 0 Å². The number of carbonyl (C=O) groups excluding carboxylic acids is 2. The molecular weight excluding hydrogens is 334 g/mol. The van der Waals surface area contributed by atoms with Crippen LogP contribution in [0.2, 0.25) is 0 Å². The van der Waals surface area contributed by atoms with Gasteiger partial charge in [-0.2, -0.15) is 5.10 Å². The van der Waals surface area contributed by atoms with Crippen molar-refractivity contribution < 1.29 is 19.1 Å². The molecule has 0 spiro atoms. The summed E-state index contributed by atoms with van der Waals surface area (Å²) in [4.78, 5) is 28.2. The zero-order valence-electron chi connectivity index (χ0n) is 14.2. The lowest BCUT2D eigenvalue weighted by atomic mass is 10.1. The van der Waals surface area contributed by atoms with E-state index in [0.717, 1.165) is 5.56 Å². The molecule has 0 amide bonds. The second kappa shape index (κ2) is 8.06. The Morgan fingerprint density at radius 3 is 2.54 bits per heavy atom. The first-order chi connectivity index (χ1) is 12.7. The summed E-state index contributed by atoms with van der Waals surface area (Å²) >= 11 is 0. The van der Waals surface area contributed by atoms with Crippen LogP contribution in [0.1, 0.15) is 26.3 Å². The molecule has 7 nitrogen and oxygen atoms in total. The van der Waals surface area contributed by atoms with Gasteiger partial charge in [0.15, 0.2) is 6.61 Å². The van der Waals surface area contributed by atoms with Gasteiger partial charge in [0, 0.05) is 0 Å². The highest BCUT2D eigenvalue weighted by Crippen LogP contribution is 2.18. The molecule has 0 aliphatic rings. The van der Waals surface area contributed by atoms with Crippen molar-refractivity contribution in [2.45, 2.75) is 6.54 Å². The second-order valence-electron chi connectivity index (χ2n) is 5.49. The maximum absolute atomic E-state index is 12.2. The molecule has 2 aromatic carbocycles. The van der Waals surface area contributed by atoms with Crippen LogP contribution in [-0.4, -0.2) is 40.2 Å². The SMILES string of the molecule is COc1ccccc1C(=O)COC(=O)c1ccc(Cn2cncn2)cc1. The fourth-order valence-corrected chi connectivity index (χ4v) is 2.41. The molecule has 132 valence electrons. The topological polar surface area (TPSA) is 83.3 Å². The lowest BCUT2D eigenvalue weighted by molar-refractivity contribution is 0.0474. The molecular formula is C19H17N3O4. The Balaban J connectivity index is 1.58. The summed E-state index contributed by atoms with van der Waals surface area (Å²) in [6.07, 6.45) is 3.08. The molecule has 1 heterocycles. The number of methoxy groups -OCH3 is 1. The zero-order chi connectivity index (χ0) is 18.4. The third-order valence-corrected chi connectivity index (χ3v) is 3.74. The predicted molar refractivity (Wildman–Crippen MR) is 93.2 cm³/mol. The first kappa shape index (κ1) is 17.3. The van der Waals surface area contributed by atoms with E-state index in [1.807, 2.05) is 0 Å². The highest BCUT2D eigenvalue weighted by atomic mass is 16.5. The van der Waals surface area contributed by atoms with E-state index in [0.29, 0.717) is 23.4 Å². The molecule has 0 bridgehead atoms. The van der Waals surface area contributed by atoms with Gasteiger partial charge < -0.3 is 9.47 Å². The highest BCUT2D eigenvalue weighted by molar-refractivity contribution is 6.01. The Labute approximate surface area is 150 Å². The second-order valence-corrected chi connectivity index (χ2v) is 5.49. The zero-order valence-corrected chi connectivity index (χ0v) is 14.2. The van der Waals surface area contributed by atoms with Crippen LogP contribution in [0.5, 0.6) is 5.75 Å². The van der Waals surface area contributed by atoms with Gasteiger partial charge in [-0.25, -0.2) is 14.5 Å². The number of carbonyl (C=O) groups is 2. The molecule has 7 heteroatoms. The van der Waals surface area contributed by atoms with Crippen molar-refractivity contribution in [3.8, 4) is 5.75 Å². The predicted octanol–water partition coefficient (Wildman–Crippen LogP) is 2.37. The Morgan fingerprint density at radius 1 is 1.08 bits per heavy atom. The summed E-state index contributed by atoms with van der Waals surface area (Å²) in [5, 5.41) is 4.03. The Bertz CT molecular complexity index is 889. The normalized spacial score (nSPS) is 10.3. The molecule has 3 rings (SSSR count). The number of hydrogen-bond donors (Lipinski definition) is 0. The van der Waals surface area contributed by atoms with Crippen LogP contribution >= 0.6 is 0 Å². The molecule has 0 atom stereocenters. The molecule has 0 fully saturated rings. The average Bonchev–Trinajstić information content (AvgIpc) is 3.19. The van der Waals surface area contributed by atoms with Crippen molar-refractivity contribution in [2.24, 2.45) is 0 Å². The van der Waals surface area contributed by atoms with Crippen molar-refractivity contribution >= 4 is 11.8 Å². The average molecular weight is 351 g/mol. The van der Waals surface area contributed by atoms with Crippen LogP contribution in [0.4, 0.5) is 0 Å². The van der Waals surface area contributed by atoms with Gasteiger partial charge in [-0.15, -0.1) is 0 Å². The number of hydrogen-bond acceptors (Lipinski definition) is 6. The Morgan fingerprint density at radius 2 is 1.85 bits per heavy atom. The number of nitrogens with zero attached hydrogens (tertiary/aromatic N) is 3. The number of benzene rings is 2. The van der Waals surface area contributed by atoms with Crippen LogP contribution in [0.25, 0.3) is 0 Å². The van der Waals surface area contributed by atoms with Crippen molar-refractivity contribution in [1.82, 2.24) is 14.8 Å². The van der Waals surface area contributed by atoms with Gasteiger partial charge in [-0.05, 0) is 29.8 Å². The lowest BCUT2D eigenvalue weighted by Gasteiger charge is -2.08. The smallest absolute Gasteiger partial charge is 0.338 e. The van der Waals surface area contributed by atoms with E-state index >= 15 is 0 Å². The summed E-state index contributed by atoms with van der Waals surface area (Å²) < 4.78 is 11.9. The van der Waals surface area contributed by atoms with Gasteiger partial charge in [-0.1, -0.05) is 24.3 Å². The molecule has 0 saturated carbocycles. The number of Topliss-reactive ketones (excluding diaryl/α,β-unsaturated/α-hetero) is 1. The van der Waals surface area contributed by atoms with Gasteiger partial charge in [0.05, 0.1) is 24.8 Å². The lowest BCUT2D eigenvalue weighted by Crippen LogP contribution is -2.15. The van der Waals surface area contributed by atoms with Gasteiger partial charge in [0.25, 0.3) is 0 Å². The highest BCUT2D eigenvalue weighted by Gasteiger charge is 2.15.